The van der Waals surface area contributed by atoms with E-state index in [0.717, 1.165) is 17.7 Å². The Labute approximate surface area is 131 Å². The molecule has 2 N–H and O–H groups in total. The standard InChI is InChI=1S/C15H17F3N2O3/c16-15(17,18)9-20-14(22)7-13(21)19-8-10-5-6-23-12-4-2-1-3-11(10)12/h1-4,10H,5-9H2,(H,19,21)(H,20,22)/t10-/m1/s1. The van der Waals surface area contributed by atoms with E-state index in [1.807, 2.05) is 24.3 Å². The zero-order valence-electron chi connectivity index (χ0n) is 12.3. The quantitative estimate of drug-likeness (QED) is 0.808. The van der Waals surface area contributed by atoms with E-state index in [-0.39, 0.29) is 5.92 Å². The molecule has 0 unspecified atom stereocenters. The van der Waals surface area contributed by atoms with Crippen molar-refractivity contribution in [3.63, 3.8) is 0 Å². The predicted molar refractivity (Wildman–Crippen MR) is 76.0 cm³/mol. The summed E-state index contributed by atoms with van der Waals surface area (Å²) in [5.41, 5.74) is 0.973. The van der Waals surface area contributed by atoms with Crippen molar-refractivity contribution in [3.05, 3.63) is 29.8 Å². The van der Waals surface area contributed by atoms with Crippen LogP contribution in [-0.4, -0.2) is 37.7 Å². The number of benzene rings is 1. The van der Waals surface area contributed by atoms with E-state index in [2.05, 4.69) is 5.32 Å². The van der Waals surface area contributed by atoms with E-state index in [0.29, 0.717) is 13.2 Å². The Balaban J connectivity index is 1.78. The van der Waals surface area contributed by atoms with Crippen LogP contribution < -0.4 is 15.4 Å². The second kappa shape index (κ2) is 7.34. The highest BCUT2D eigenvalue weighted by Gasteiger charge is 2.28. The van der Waals surface area contributed by atoms with Crippen LogP contribution in [-0.2, 0) is 9.59 Å². The van der Waals surface area contributed by atoms with Crippen LogP contribution in [0.2, 0.25) is 0 Å². The molecule has 5 nitrogen and oxygen atoms in total. The van der Waals surface area contributed by atoms with Gasteiger partial charge in [0.2, 0.25) is 11.8 Å². The lowest BCUT2D eigenvalue weighted by molar-refractivity contribution is -0.140. The molecule has 0 saturated heterocycles. The van der Waals surface area contributed by atoms with Crippen molar-refractivity contribution in [1.29, 1.82) is 0 Å². The van der Waals surface area contributed by atoms with Crippen molar-refractivity contribution in [2.24, 2.45) is 0 Å². The Bertz CT molecular complexity index is 575. The van der Waals surface area contributed by atoms with Crippen molar-refractivity contribution < 1.29 is 27.5 Å². The number of hydrogen-bond acceptors (Lipinski definition) is 3. The van der Waals surface area contributed by atoms with Crippen molar-refractivity contribution >= 4 is 11.8 Å². The monoisotopic (exact) mass is 330 g/mol. The third-order valence-corrected chi connectivity index (χ3v) is 3.44. The average molecular weight is 330 g/mol. The number of alkyl halides is 3. The van der Waals surface area contributed by atoms with Gasteiger partial charge in [0.15, 0.2) is 0 Å². The molecule has 1 heterocycles. The summed E-state index contributed by atoms with van der Waals surface area (Å²) in [4.78, 5) is 22.9. The third kappa shape index (κ3) is 5.46. The molecule has 0 bridgehead atoms. The second-order valence-electron chi connectivity index (χ2n) is 5.24. The first-order chi connectivity index (χ1) is 10.8. The molecule has 126 valence electrons. The molecular weight excluding hydrogens is 313 g/mol. The topological polar surface area (TPSA) is 67.4 Å². The molecule has 1 aromatic carbocycles. The maximum absolute atomic E-state index is 12.0. The van der Waals surface area contributed by atoms with Crippen LogP contribution in [0, 0.1) is 0 Å². The van der Waals surface area contributed by atoms with E-state index in [9.17, 15) is 22.8 Å². The van der Waals surface area contributed by atoms with Crippen LogP contribution in [0.15, 0.2) is 24.3 Å². The Morgan fingerprint density at radius 2 is 1.87 bits per heavy atom. The van der Waals surface area contributed by atoms with Crippen LogP contribution in [0.4, 0.5) is 13.2 Å². The van der Waals surface area contributed by atoms with Gasteiger partial charge in [-0.15, -0.1) is 0 Å². The minimum absolute atomic E-state index is 0.0575. The summed E-state index contributed by atoms with van der Waals surface area (Å²) in [7, 11) is 0. The highest BCUT2D eigenvalue weighted by Crippen LogP contribution is 2.32. The fourth-order valence-electron chi connectivity index (χ4n) is 2.33. The van der Waals surface area contributed by atoms with Crippen LogP contribution in [0.3, 0.4) is 0 Å². The van der Waals surface area contributed by atoms with Gasteiger partial charge in [-0.05, 0) is 18.1 Å². The van der Waals surface area contributed by atoms with Crippen LogP contribution in [0.5, 0.6) is 5.75 Å². The molecule has 0 fully saturated rings. The highest BCUT2D eigenvalue weighted by molar-refractivity contribution is 5.96. The molecule has 0 aromatic heterocycles. The number of ether oxygens (including phenoxy) is 1. The van der Waals surface area contributed by atoms with Gasteiger partial charge < -0.3 is 15.4 Å². The smallest absolute Gasteiger partial charge is 0.405 e. The molecule has 1 aliphatic rings. The zero-order chi connectivity index (χ0) is 16.9. The minimum atomic E-state index is -4.49. The number of rotatable bonds is 5. The van der Waals surface area contributed by atoms with E-state index < -0.39 is 31.0 Å². The molecule has 2 rings (SSSR count). The number of carbonyl (C=O) groups is 2. The van der Waals surface area contributed by atoms with Gasteiger partial charge in [0.05, 0.1) is 6.61 Å². The van der Waals surface area contributed by atoms with Gasteiger partial charge in [0, 0.05) is 12.5 Å². The lowest BCUT2D eigenvalue weighted by Gasteiger charge is -2.26. The first-order valence-corrected chi connectivity index (χ1v) is 7.17. The molecule has 0 saturated carbocycles. The third-order valence-electron chi connectivity index (χ3n) is 3.44. The number of amides is 2. The summed E-state index contributed by atoms with van der Waals surface area (Å²) in [5.74, 6) is -0.732. The Morgan fingerprint density at radius 3 is 2.61 bits per heavy atom. The second-order valence-corrected chi connectivity index (χ2v) is 5.24. The SMILES string of the molecule is O=C(CC(=O)NCC(F)(F)F)NC[C@H]1CCOc2ccccc21. The molecule has 1 atom stereocenters. The van der Waals surface area contributed by atoms with Gasteiger partial charge >= 0.3 is 6.18 Å². The van der Waals surface area contributed by atoms with Gasteiger partial charge in [0.25, 0.3) is 0 Å². The summed E-state index contributed by atoms with van der Waals surface area (Å²) >= 11 is 0. The van der Waals surface area contributed by atoms with E-state index in [1.165, 1.54) is 0 Å². The largest absolute Gasteiger partial charge is 0.493 e. The van der Waals surface area contributed by atoms with Crippen molar-refractivity contribution in [2.45, 2.75) is 24.9 Å². The van der Waals surface area contributed by atoms with Gasteiger partial charge in [-0.25, -0.2) is 0 Å². The van der Waals surface area contributed by atoms with Crippen molar-refractivity contribution in [1.82, 2.24) is 10.6 Å². The first kappa shape index (κ1) is 17.1. The van der Waals surface area contributed by atoms with Gasteiger partial charge in [-0.3, -0.25) is 9.59 Å². The lowest BCUT2D eigenvalue weighted by Crippen LogP contribution is -2.38. The molecule has 1 aromatic rings. The predicted octanol–water partition coefficient (Wildman–Crippen LogP) is 1.74. The maximum Gasteiger partial charge on any atom is 0.405 e. The lowest BCUT2D eigenvalue weighted by atomic mass is 9.93. The summed E-state index contributed by atoms with van der Waals surface area (Å²) in [5, 5.41) is 4.25. The molecule has 0 aliphatic carbocycles. The van der Waals surface area contributed by atoms with Gasteiger partial charge in [-0.2, -0.15) is 13.2 Å². The summed E-state index contributed by atoms with van der Waals surface area (Å²) in [6.45, 7) is -0.595. The van der Waals surface area contributed by atoms with Crippen molar-refractivity contribution in [3.8, 4) is 5.75 Å². The normalized spacial score (nSPS) is 16.9. The van der Waals surface area contributed by atoms with Gasteiger partial charge in [0.1, 0.15) is 18.7 Å². The highest BCUT2D eigenvalue weighted by atomic mass is 19.4. The Kier molecular flexibility index (Phi) is 5.46. The molecule has 0 spiro atoms. The molecular formula is C15H17F3N2O3. The number of fused-ring (bicyclic) bond motifs is 1. The van der Waals surface area contributed by atoms with E-state index in [1.54, 1.807) is 5.32 Å². The molecule has 8 heteroatoms. The minimum Gasteiger partial charge on any atom is -0.493 e. The van der Waals surface area contributed by atoms with Crippen LogP contribution >= 0.6 is 0 Å². The first-order valence-electron chi connectivity index (χ1n) is 7.17. The van der Waals surface area contributed by atoms with Gasteiger partial charge in [-0.1, -0.05) is 18.2 Å². The van der Waals surface area contributed by atoms with Crippen LogP contribution in [0.25, 0.3) is 0 Å². The number of hydrogen-bond donors (Lipinski definition) is 2. The molecule has 0 radical (unpaired) electrons. The number of nitrogens with one attached hydrogen (secondary N) is 2. The Morgan fingerprint density at radius 1 is 1.17 bits per heavy atom. The molecule has 23 heavy (non-hydrogen) atoms. The summed E-state index contributed by atoms with van der Waals surface area (Å²) < 4.78 is 41.4. The number of halogens is 3. The molecule has 2 amide bonds. The van der Waals surface area contributed by atoms with E-state index in [4.69, 9.17) is 4.74 Å². The number of carbonyl (C=O) groups excluding carboxylic acids is 2. The van der Waals surface area contributed by atoms with E-state index >= 15 is 0 Å². The van der Waals surface area contributed by atoms with Crippen molar-refractivity contribution in [2.75, 3.05) is 19.7 Å². The average Bonchev–Trinajstić information content (AvgIpc) is 2.50. The fraction of sp³-hybridized carbons (Fsp3) is 0.467. The maximum atomic E-state index is 12.0. The number of para-hydroxylation sites is 1. The summed E-state index contributed by atoms with van der Waals surface area (Å²) in [6.07, 6.45) is -4.39. The fourth-order valence-corrected chi connectivity index (χ4v) is 2.33. The van der Waals surface area contributed by atoms with Crippen LogP contribution in [0.1, 0.15) is 24.3 Å². The summed E-state index contributed by atoms with van der Waals surface area (Å²) in [6, 6.07) is 7.47. The zero-order valence-corrected chi connectivity index (χ0v) is 12.3. The molecule has 1 aliphatic heterocycles. The Hall–Kier alpha value is -2.25.